The van der Waals surface area contributed by atoms with Gasteiger partial charge in [0.25, 0.3) is 0 Å². The molecular weight excluding hydrogens is 600 g/mol. The molecule has 0 spiro atoms. The van der Waals surface area contributed by atoms with Crippen molar-refractivity contribution in [3.63, 3.8) is 0 Å². The Morgan fingerprint density at radius 3 is 1.04 bits per heavy atom. The zero-order valence-electron chi connectivity index (χ0n) is 26.7. The smallest absolute Gasteiger partial charge is 0.123 e. The van der Waals surface area contributed by atoms with Gasteiger partial charge in [-0.25, -0.2) is 4.39 Å². The molecule has 0 atom stereocenters. The molecule has 0 N–H and O–H groups in total. The standard InChI is InChI=1S/C46H31FN2/c47-40-18-24-42(25-19-40)49(44-21-15-33-9-5-7-11-35(33)29-44)46-23-17-37-26-38-30-45(22-16-36(38)27-39(37)31-46)48(41-12-2-1-3-13-41)43-20-14-32-8-4-6-10-34(32)28-43/h1-31H. The molecule has 0 amide bonds. The predicted molar refractivity (Wildman–Crippen MR) is 206 cm³/mol. The number of rotatable bonds is 6. The van der Waals surface area contributed by atoms with E-state index in [1.165, 1.54) is 39.1 Å². The maximum Gasteiger partial charge on any atom is 0.123 e. The summed E-state index contributed by atoms with van der Waals surface area (Å²) in [5, 5.41) is 9.40. The van der Waals surface area contributed by atoms with E-state index in [1.54, 1.807) is 0 Å². The van der Waals surface area contributed by atoms with Crippen LogP contribution in [-0.2, 0) is 0 Å². The van der Waals surface area contributed by atoms with E-state index in [2.05, 4.69) is 174 Å². The third-order valence-electron chi connectivity index (χ3n) is 9.36. The third-order valence-corrected chi connectivity index (χ3v) is 9.36. The van der Waals surface area contributed by atoms with Crippen LogP contribution in [0.4, 0.5) is 38.5 Å². The molecule has 0 unspecified atom stereocenters. The van der Waals surface area contributed by atoms with Crippen LogP contribution in [0.15, 0.2) is 188 Å². The largest absolute Gasteiger partial charge is 0.310 e. The van der Waals surface area contributed by atoms with Crippen molar-refractivity contribution in [3.8, 4) is 0 Å². The second kappa shape index (κ2) is 12.0. The molecule has 0 aliphatic carbocycles. The number of anilines is 6. The number of halogens is 1. The van der Waals surface area contributed by atoms with Gasteiger partial charge in [-0.3, -0.25) is 0 Å². The number of benzene rings is 9. The van der Waals surface area contributed by atoms with Crippen molar-refractivity contribution in [3.05, 3.63) is 194 Å². The van der Waals surface area contributed by atoms with Crippen molar-refractivity contribution < 1.29 is 4.39 Å². The highest BCUT2D eigenvalue weighted by Crippen LogP contribution is 2.40. The molecular formula is C46H31FN2. The van der Waals surface area contributed by atoms with Gasteiger partial charge in [0.15, 0.2) is 0 Å². The molecule has 0 aliphatic heterocycles. The van der Waals surface area contributed by atoms with Gasteiger partial charge in [0.1, 0.15) is 5.82 Å². The Hall–Kier alpha value is -6.45. The van der Waals surface area contributed by atoms with Gasteiger partial charge < -0.3 is 9.80 Å². The van der Waals surface area contributed by atoms with Gasteiger partial charge in [-0.15, -0.1) is 0 Å². The van der Waals surface area contributed by atoms with Crippen molar-refractivity contribution in [2.75, 3.05) is 9.80 Å². The molecule has 9 aromatic carbocycles. The lowest BCUT2D eigenvalue weighted by Crippen LogP contribution is -2.10. The van der Waals surface area contributed by atoms with Crippen molar-refractivity contribution in [2.45, 2.75) is 0 Å². The molecule has 232 valence electrons. The van der Waals surface area contributed by atoms with Crippen LogP contribution in [0.5, 0.6) is 0 Å². The maximum atomic E-state index is 14.0. The normalized spacial score (nSPS) is 11.4. The summed E-state index contributed by atoms with van der Waals surface area (Å²) in [6, 6.07) is 65.0. The summed E-state index contributed by atoms with van der Waals surface area (Å²) in [5.41, 5.74) is 6.25. The second-order valence-electron chi connectivity index (χ2n) is 12.5. The molecule has 0 saturated carbocycles. The summed E-state index contributed by atoms with van der Waals surface area (Å²) in [4.78, 5) is 4.52. The molecule has 2 nitrogen and oxygen atoms in total. The van der Waals surface area contributed by atoms with Crippen LogP contribution < -0.4 is 9.80 Å². The molecule has 9 aromatic rings. The van der Waals surface area contributed by atoms with Crippen LogP contribution >= 0.6 is 0 Å². The van der Waals surface area contributed by atoms with Gasteiger partial charge in [-0.05, 0) is 140 Å². The van der Waals surface area contributed by atoms with E-state index in [9.17, 15) is 4.39 Å². The van der Waals surface area contributed by atoms with Gasteiger partial charge in [0, 0.05) is 34.1 Å². The molecule has 0 aromatic heterocycles. The first-order chi connectivity index (χ1) is 24.2. The van der Waals surface area contributed by atoms with Gasteiger partial charge in [-0.2, -0.15) is 0 Å². The molecule has 0 saturated heterocycles. The Morgan fingerprint density at radius 2 is 0.571 bits per heavy atom. The van der Waals surface area contributed by atoms with Crippen molar-refractivity contribution in [1.29, 1.82) is 0 Å². The third kappa shape index (κ3) is 5.42. The van der Waals surface area contributed by atoms with Gasteiger partial charge in [-0.1, -0.05) is 91.0 Å². The maximum absolute atomic E-state index is 14.0. The molecule has 9 rings (SSSR count). The fraction of sp³-hybridized carbons (Fsp3) is 0. The summed E-state index contributed by atoms with van der Waals surface area (Å²) < 4.78 is 14.0. The lowest BCUT2D eigenvalue weighted by Gasteiger charge is -2.27. The SMILES string of the molecule is Fc1ccc(N(c2ccc3ccccc3c2)c2ccc3cc4cc(N(c5ccccc5)c5ccc6ccccc6c5)ccc4cc3c2)cc1. The number of hydrogen-bond donors (Lipinski definition) is 0. The molecule has 0 radical (unpaired) electrons. The minimum Gasteiger partial charge on any atom is -0.310 e. The van der Waals surface area contributed by atoms with Crippen LogP contribution in [0.2, 0.25) is 0 Å². The summed E-state index contributed by atoms with van der Waals surface area (Å²) in [7, 11) is 0. The number of fused-ring (bicyclic) bond motifs is 4. The highest BCUT2D eigenvalue weighted by Gasteiger charge is 2.16. The Kier molecular flexibility index (Phi) is 7.02. The van der Waals surface area contributed by atoms with Crippen LogP contribution in [0.3, 0.4) is 0 Å². The van der Waals surface area contributed by atoms with Crippen molar-refractivity contribution in [2.24, 2.45) is 0 Å². The topological polar surface area (TPSA) is 6.48 Å². The molecule has 0 aliphatic rings. The summed E-state index contributed by atoms with van der Waals surface area (Å²) >= 11 is 0. The van der Waals surface area contributed by atoms with Crippen molar-refractivity contribution >= 4 is 77.2 Å². The van der Waals surface area contributed by atoms with Crippen molar-refractivity contribution in [1.82, 2.24) is 0 Å². The average molecular weight is 631 g/mol. The van der Waals surface area contributed by atoms with E-state index in [0.29, 0.717) is 0 Å². The van der Waals surface area contributed by atoms with E-state index in [0.717, 1.165) is 50.3 Å². The first-order valence-corrected chi connectivity index (χ1v) is 16.5. The fourth-order valence-corrected chi connectivity index (χ4v) is 6.94. The van der Waals surface area contributed by atoms with Crippen LogP contribution in [-0.4, -0.2) is 0 Å². The first-order valence-electron chi connectivity index (χ1n) is 16.5. The summed E-state index contributed by atoms with van der Waals surface area (Å²) in [5.74, 6) is -0.252. The quantitative estimate of drug-likeness (QED) is 0.169. The summed E-state index contributed by atoms with van der Waals surface area (Å²) in [6.07, 6.45) is 0. The number of nitrogens with zero attached hydrogens (tertiary/aromatic N) is 2. The first kappa shape index (κ1) is 28.7. The minimum atomic E-state index is -0.252. The predicted octanol–water partition coefficient (Wildman–Crippen LogP) is 13.4. The minimum absolute atomic E-state index is 0.252. The van der Waals surface area contributed by atoms with Gasteiger partial charge in [0.05, 0.1) is 0 Å². The Bertz CT molecular complexity index is 2630. The average Bonchev–Trinajstić information content (AvgIpc) is 3.15. The highest BCUT2D eigenvalue weighted by atomic mass is 19.1. The van der Waals surface area contributed by atoms with Crippen LogP contribution in [0.1, 0.15) is 0 Å². The van der Waals surface area contributed by atoms with E-state index in [4.69, 9.17) is 0 Å². The fourth-order valence-electron chi connectivity index (χ4n) is 6.94. The lowest BCUT2D eigenvalue weighted by molar-refractivity contribution is 0.628. The number of hydrogen-bond acceptors (Lipinski definition) is 2. The summed E-state index contributed by atoms with van der Waals surface area (Å²) in [6.45, 7) is 0. The van der Waals surface area contributed by atoms with E-state index in [-0.39, 0.29) is 5.82 Å². The van der Waals surface area contributed by atoms with E-state index < -0.39 is 0 Å². The van der Waals surface area contributed by atoms with Crippen LogP contribution in [0.25, 0.3) is 43.1 Å². The Labute approximate surface area is 284 Å². The molecule has 0 heterocycles. The Morgan fingerprint density at radius 1 is 0.245 bits per heavy atom. The molecule has 0 fully saturated rings. The van der Waals surface area contributed by atoms with Gasteiger partial charge in [0.2, 0.25) is 0 Å². The van der Waals surface area contributed by atoms with Gasteiger partial charge >= 0.3 is 0 Å². The lowest BCUT2D eigenvalue weighted by atomic mass is 10.0. The van der Waals surface area contributed by atoms with E-state index >= 15 is 0 Å². The molecule has 49 heavy (non-hydrogen) atoms. The molecule has 3 heteroatoms. The monoisotopic (exact) mass is 630 g/mol. The zero-order valence-corrected chi connectivity index (χ0v) is 26.7. The van der Waals surface area contributed by atoms with E-state index in [1.807, 2.05) is 12.1 Å². The number of para-hydroxylation sites is 1. The molecule has 0 bridgehead atoms. The van der Waals surface area contributed by atoms with Crippen LogP contribution in [0, 0.1) is 5.82 Å². The zero-order chi connectivity index (χ0) is 32.7. The Balaban J connectivity index is 1.15. The highest BCUT2D eigenvalue weighted by molar-refractivity contribution is 6.02. The second-order valence-corrected chi connectivity index (χ2v) is 12.5.